The van der Waals surface area contributed by atoms with Crippen LogP contribution < -0.4 is 5.32 Å². The molecule has 1 N–H and O–H groups in total. The van der Waals surface area contributed by atoms with E-state index in [0.29, 0.717) is 13.2 Å². The largest absolute Gasteiger partial charge is 0.383 e. The summed E-state index contributed by atoms with van der Waals surface area (Å²) in [6, 6.07) is 27.9. The van der Waals surface area contributed by atoms with Crippen molar-refractivity contribution >= 4 is 11.6 Å². The fraction of sp³-hybridized carbons (Fsp3) is 0.172. The third kappa shape index (κ3) is 4.06. The Labute approximate surface area is 200 Å². The van der Waals surface area contributed by atoms with Crippen molar-refractivity contribution in [3.8, 4) is 33.4 Å². The molecule has 5 aromatic rings. The monoisotopic (exact) mass is 448 g/mol. The van der Waals surface area contributed by atoms with Crippen molar-refractivity contribution in [1.82, 2.24) is 14.6 Å². The van der Waals surface area contributed by atoms with Crippen LogP contribution in [0, 0.1) is 13.8 Å². The van der Waals surface area contributed by atoms with Gasteiger partial charge in [-0.3, -0.25) is 4.40 Å². The summed E-state index contributed by atoms with van der Waals surface area (Å²) in [5.74, 6) is 0.720. The number of anilines is 1. The standard InChI is InChI=1S/C29H28N4O/c1-20-24(22-9-5-4-6-10-22)11-7-13-26(20)27-14-8-12-25(21(27)2)23-15-17-33-28(19-23)31-32-29(33)30-16-18-34-3/h4-15,17,19H,16,18H2,1-3H3,(H,30,32). The number of nitrogens with one attached hydrogen (secondary N) is 1. The maximum Gasteiger partial charge on any atom is 0.229 e. The molecule has 0 fully saturated rings. The van der Waals surface area contributed by atoms with E-state index >= 15 is 0 Å². The fourth-order valence-corrected chi connectivity index (χ4v) is 4.54. The molecule has 170 valence electrons. The van der Waals surface area contributed by atoms with Crippen LogP contribution in [0.1, 0.15) is 11.1 Å². The van der Waals surface area contributed by atoms with Crippen LogP contribution in [0.5, 0.6) is 0 Å². The van der Waals surface area contributed by atoms with E-state index in [1.54, 1.807) is 7.11 Å². The minimum Gasteiger partial charge on any atom is -0.383 e. The molecule has 2 heterocycles. The molecule has 0 aliphatic heterocycles. The van der Waals surface area contributed by atoms with Gasteiger partial charge in [0, 0.05) is 19.9 Å². The van der Waals surface area contributed by atoms with E-state index in [1.165, 1.54) is 38.9 Å². The van der Waals surface area contributed by atoms with E-state index in [1.807, 2.05) is 10.6 Å². The molecule has 34 heavy (non-hydrogen) atoms. The highest BCUT2D eigenvalue weighted by Crippen LogP contribution is 2.36. The van der Waals surface area contributed by atoms with E-state index in [-0.39, 0.29) is 0 Å². The number of nitrogens with zero attached hydrogens (tertiary/aromatic N) is 3. The molecule has 0 aliphatic rings. The Balaban J connectivity index is 1.53. The van der Waals surface area contributed by atoms with Crippen LogP contribution in [0.15, 0.2) is 85.1 Å². The number of fused-ring (bicyclic) bond motifs is 1. The van der Waals surface area contributed by atoms with Gasteiger partial charge < -0.3 is 10.1 Å². The van der Waals surface area contributed by atoms with Crippen LogP contribution >= 0.6 is 0 Å². The molecule has 0 unspecified atom stereocenters. The Morgan fingerprint density at radius 2 is 1.38 bits per heavy atom. The first-order valence-corrected chi connectivity index (χ1v) is 11.5. The zero-order valence-electron chi connectivity index (χ0n) is 19.7. The third-order valence-corrected chi connectivity index (χ3v) is 6.35. The smallest absolute Gasteiger partial charge is 0.229 e. The quantitative estimate of drug-likeness (QED) is 0.293. The first kappa shape index (κ1) is 21.9. The number of rotatable bonds is 7. The highest BCUT2D eigenvalue weighted by molar-refractivity contribution is 5.84. The lowest BCUT2D eigenvalue weighted by atomic mass is 9.88. The van der Waals surface area contributed by atoms with Crippen molar-refractivity contribution in [2.24, 2.45) is 0 Å². The van der Waals surface area contributed by atoms with Gasteiger partial charge in [0.15, 0.2) is 5.65 Å². The molecule has 0 aliphatic carbocycles. The Hall–Kier alpha value is -3.96. The topological polar surface area (TPSA) is 51.5 Å². The number of methoxy groups -OCH3 is 1. The van der Waals surface area contributed by atoms with Crippen molar-refractivity contribution in [3.05, 3.63) is 96.2 Å². The van der Waals surface area contributed by atoms with E-state index in [4.69, 9.17) is 4.74 Å². The number of pyridine rings is 1. The molecule has 5 heteroatoms. The molecule has 5 rings (SSSR count). The summed E-state index contributed by atoms with van der Waals surface area (Å²) in [6.07, 6.45) is 2.02. The lowest BCUT2D eigenvalue weighted by Gasteiger charge is -2.16. The van der Waals surface area contributed by atoms with Crippen molar-refractivity contribution < 1.29 is 4.74 Å². The van der Waals surface area contributed by atoms with Gasteiger partial charge in [0.1, 0.15) is 0 Å². The van der Waals surface area contributed by atoms with Crippen LogP contribution in [0.3, 0.4) is 0 Å². The Kier molecular flexibility index (Phi) is 6.11. The second-order valence-electron chi connectivity index (χ2n) is 8.41. The molecule has 0 atom stereocenters. The van der Waals surface area contributed by atoms with Crippen LogP contribution in [0.2, 0.25) is 0 Å². The zero-order valence-corrected chi connectivity index (χ0v) is 19.7. The molecule has 5 nitrogen and oxygen atoms in total. The fourth-order valence-electron chi connectivity index (χ4n) is 4.54. The van der Waals surface area contributed by atoms with Crippen LogP contribution in [0.25, 0.3) is 39.0 Å². The van der Waals surface area contributed by atoms with Gasteiger partial charge in [-0.2, -0.15) is 0 Å². The van der Waals surface area contributed by atoms with Crippen LogP contribution in [0.4, 0.5) is 5.95 Å². The van der Waals surface area contributed by atoms with E-state index in [9.17, 15) is 0 Å². The SMILES string of the molecule is COCCNc1nnc2cc(-c3cccc(-c4cccc(-c5ccccc5)c4C)c3C)ccn12. The van der Waals surface area contributed by atoms with E-state index in [2.05, 4.69) is 108 Å². The molecule has 0 saturated heterocycles. The lowest BCUT2D eigenvalue weighted by Crippen LogP contribution is -2.10. The van der Waals surface area contributed by atoms with E-state index in [0.717, 1.165) is 17.2 Å². The maximum atomic E-state index is 5.11. The number of aromatic nitrogens is 3. The molecule has 0 radical (unpaired) electrons. The number of hydrogen-bond donors (Lipinski definition) is 1. The molecule has 0 spiro atoms. The predicted molar refractivity (Wildman–Crippen MR) is 139 cm³/mol. The van der Waals surface area contributed by atoms with Gasteiger partial charge in [0.25, 0.3) is 0 Å². The average molecular weight is 449 g/mol. The Morgan fingerprint density at radius 1 is 0.735 bits per heavy atom. The van der Waals surface area contributed by atoms with E-state index < -0.39 is 0 Å². The summed E-state index contributed by atoms with van der Waals surface area (Å²) in [4.78, 5) is 0. The number of ether oxygens (including phenoxy) is 1. The summed E-state index contributed by atoms with van der Waals surface area (Å²) in [5, 5.41) is 11.9. The molecule has 3 aromatic carbocycles. The first-order chi connectivity index (χ1) is 16.7. The molecular formula is C29H28N4O. The summed E-state index contributed by atoms with van der Waals surface area (Å²) < 4.78 is 7.07. The normalized spacial score (nSPS) is 11.1. The molecule has 0 amide bonds. The summed E-state index contributed by atoms with van der Waals surface area (Å²) in [7, 11) is 1.69. The van der Waals surface area contributed by atoms with Gasteiger partial charge in [-0.15, -0.1) is 10.2 Å². The second kappa shape index (κ2) is 9.49. The molecule has 2 aromatic heterocycles. The predicted octanol–water partition coefficient (Wildman–Crippen LogP) is 6.41. The van der Waals surface area contributed by atoms with Gasteiger partial charge >= 0.3 is 0 Å². The van der Waals surface area contributed by atoms with Crippen molar-refractivity contribution in [2.45, 2.75) is 13.8 Å². The van der Waals surface area contributed by atoms with Gasteiger partial charge in [-0.05, 0) is 70.5 Å². The minimum absolute atomic E-state index is 0.615. The summed E-state index contributed by atoms with van der Waals surface area (Å²) in [5.41, 5.74) is 10.7. The summed E-state index contributed by atoms with van der Waals surface area (Å²) in [6.45, 7) is 5.71. The van der Waals surface area contributed by atoms with Gasteiger partial charge in [-0.25, -0.2) is 0 Å². The van der Waals surface area contributed by atoms with Crippen LogP contribution in [-0.2, 0) is 4.74 Å². The maximum absolute atomic E-state index is 5.11. The average Bonchev–Trinajstić information content (AvgIpc) is 3.27. The third-order valence-electron chi connectivity index (χ3n) is 6.35. The zero-order chi connectivity index (χ0) is 23.5. The highest BCUT2D eigenvalue weighted by Gasteiger charge is 2.14. The van der Waals surface area contributed by atoms with Gasteiger partial charge in [0.2, 0.25) is 5.95 Å². The molecule has 0 saturated carbocycles. The Bertz CT molecular complexity index is 1440. The van der Waals surface area contributed by atoms with Gasteiger partial charge in [-0.1, -0.05) is 66.7 Å². The van der Waals surface area contributed by atoms with Crippen LogP contribution in [-0.4, -0.2) is 34.9 Å². The van der Waals surface area contributed by atoms with Crippen molar-refractivity contribution in [3.63, 3.8) is 0 Å². The Morgan fingerprint density at radius 3 is 2.06 bits per heavy atom. The first-order valence-electron chi connectivity index (χ1n) is 11.5. The number of hydrogen-bond acceptors (Lipinski definition) is 4. The minimum atomic E-state index is 0.615. The summed E-state index contributed by atoms with van der Waals surface area (Å²) >= 11 is 0. The second-order valence-corrected chi connectivity index (χ2v) is 8.41. The molecular weight excluding hydrogens is 420 g/mol. The highest BCUT2D eigenvalue weighted by atomic mass is 16.5. The molecule has 0 bridgehead atoms. The van der Waals surface area contributed by atoms with Crippen molar-refractivity contribution in [1.29, 1.82) is 0 Å². The number of benzene rings is 3. The van der Waals surface area contributed by atoms with Crippen molar-refractivity contribution in [2.75, 3.05) is 25.6 Å². The van der Waals surface area contributed by atoms with Gasteiger partial charge in [0.05, 0.1) is 6.61 Å². The lowest BCUT2D eigenvalue weighted by molar-refractivity contribution is 0.210.